The second-order valence-corrected chi connectivity index (χ2v) is 6.20. The Morgan fingerprint density at radius 3 is 2.56 bits per heavy atom. The summed E-state index contributed by atoms with van der Waals surface area (Å²) in [5, 5.41) is 9.70. The van der Waals surface area contributed by atoms with E-state index < -0.39 is 0 Å². The number of rotatable bonds is 7. The fraction of sp³-hybridized carbons (Fsp3) is 0.190. The Hall–Kier alpha value is -3.41. The molecule has 1 amide bonds. The number of benzene rings is 2. The summed E-state index contributed by atoms with van der Waals surface area (Å²) in [6.45, 7) is 1.96. The van der Waals surface area contributed by atoms with E-state index in [4.69, 9.17) is 4.74 Å². The first-order chi connectivity index (χ1) is 13.1. The Morgan fingerprint density at radius 2 is 1.81 bits per heavy atom. The van der Waals surface area contributed by atoms with E-state index in [1.165, 1.54) is 0 Å². The molecule has 6 nitrogen and oxygen atoms in total. The number of para-hydroxylation sites is 1. The van der Waals surface area contributed by atoms with Crippen LogP contribution in [0.5, 0.6) is 5.75 Å². The summed E-state index contributed by atoms with van der Waals surface area (Å²) in [5.41, 5.74) is 3.29. The van der Waals surface area contributed by atoms with Gasteiger partial charge in [0, 0.05) is 30.0 Å². The Balaban J connectivity index is 1.58. The second-order valence-electron chi connectivity index (χ2n) is 6.20. The SMILES string of the molecule is COc1ccccc1-c1cc(NC(=O)CCC(=O)c2ccc(C)cc2)n[nH]1. The molecule has 0 spiro atoms. The zero-order valence-corrected chi connectivity index (χ0v) is 15.3. The van der Waals surface area contributed by atoms with Gasteiger partial charge in [0.2, 0.25) is 5.91 Å². The zero-order chi connectivity index (χ0) is 19.2. The Kier molecular flexibility index (Phi) is 5.66. The van der Waals surface area contributed by atoms with E-state index >= 15 is 0 Å². The molecule has 0 bridgehead atoms. The summed E-state index contributed by atoms with van der Waals surface area (Å²) < 4.78 is 5.33. The first-order valence-corrected chi connectivity index (χ1v) is 8.65. The molecule has 1 aromatic heterocycles. The molecule has 0 saturated heterocycles. The number of aryl methyl sites for hydroxylation is 1. The normalized spacial score (nSPS) is 10.4. The number of H-pyrrole nitrogens is 1. The third-order valence-electron chi connectivity index (χ3n) is 4.20. The lowest BCUT2D eigenvalue weighted by molar-refractivity contribution is -0.116. The predicted molar refractivity (Wildman–Crippen MR) is 104 cm³/mol. The Bertz CT molecular complexity index is 945. The van der Waals surface area contributed by atoms with Crippen molar-refractivity contribution < 1.29 is 14.3 Å². The van der Waals surface area contributed by atoms with Crippen LogP contribution in [0.4, 0.5) is 5.82 Å². The van der Waals surface area contributed by atoms with Crippen molar-refractivity contribution in [2.24, 2.45) is 0 Å². The molecular weight excluding hydrogens is 342 g/mol. The maximum absolute atomic E-state index is 12.2. The minimum atomic E-state index is -0.256. The first kappa shape index (κ1) is 18.4. The molecule has 27 heavy (non-hydrogen) atoms. The van der Waals surface area contributed by atoms with Gasteiger partial charge in [-0.15, -0.1) is 0 Å². The van der Waals surface area contributed by atoms with Gasteiger partial charge in [-0.05, 0) is 19.1 Å². The smallest absolute Gasteiger partial charge is 0.226 e. The molecule has 0 fully saturated rings. The van der Waals surface area contributed by atoms with Gasteiger partial charge in [-0.1, -0.05) is 42.0 Å². The van der Waals surface area contributed by atoms with E-state index in [9.17, 15) is 9.59 Å². The number of carbonyl (C=O) groups is 2. The van der Waals surface area contributed by atoms with Crippen LogP contribution < -0.4 is 10.1 Å². The molecule has 1 heterocycles. The molecule has 2 aromatic carbocycles. The van der Waals surface area contributed by atoms with E-state index in [0.29, 0.717) is 17.1 Å². The number of nitrogens with one attached hydrogen (secondary N) is 2. The van der Waals surface area contributed by atoms with Gasteiger partial charge in [0.15, 0.2) is 11.6 Å². The monoisotopic (exact) mass is 363 g/mol. The predicted octanol–water partition coefficient (Wildman–Crippen LogP) is 4.00. The Labute approximate surface area is 157 Å². The molecule has 0 atom stereocenters. The lowest BCUT2D eigenvalue weighted by atomic mass is 10.1. The quantitative estimate of drug-likeness (QED) is 0.622. The molecule has 3 aromatic rings. The number of hydrogen-bond donors (Lipinski definition) is 2. The van der Waals surface area contributed by atoms with Crippen molar-refractivity contribution in [3.05, 3.63) is 65.7 Å². The van der Waals surface area contributed by atoms with Crippen LogP contribution in [-0.2, 0) is 4.79 Å². The van der Waals surface area contributed by atoms with Crippen LogP contribution in [0.1, 0.15) is 28.8 Å². The molecule has 3 rings (SSSR count). The van der Waals surface area contributed by atoms with Crippen LogP contribution >= 0.6 is 0 Å². The highest BCUT2D eigenvalue weighted by molar-refractivity contribution is 5.99. The molecule has 0 aliphatic rings. The number of aromatic nitrogens is 2. The van der Waals surface area contributed by atoms with Crippen LogP contribution in [0.25, 0.3) is 11.3 Å². The van der Waals surface area contributed by atoms with Crippen molar-refractivity contribution in [1.29, 1.82) is 0 Å². The lowest BCUT2D eigenvalue weighted by Gasteiger charge is -2.05. The first-order valence-electron chi connectivity index (χ1n) is 8.65. The van der Waals surface area contributed by atoms with Gasteiger partial charge in [0.25, 0.3) is 0 Å². The average Bonchev–Trinajstić information content (AvgIpc) is 3.14. The van der Waals surface area contributed by atoms with Crippen LogP contribution in [0.3, 0.4) is 0 Å². The molecule has 0 unspecified atom stereocenters. The highest BCUT2D eigenvalue weighted by Gasteiger charge is 2.12. The topological polar surface area (TPSA) is 84.1 Å². The number of hydrogen-bond acceptors (Lipinski definition) is 4. The minimum absolute atomic E-state index is 0.0538. The number of amides is 1. The number of ether oxygens (including phenoxy) is 1. The van der Waals surface area contributed by atoms with Gasteiger partial charge in [-0.25, -0.2) is 0 Å². The van der Waals surface area contributed by atoms with Gasteiger partial charge in [-0.2, -0.15) is 5.10 Å². The van der Waals surface area contributed by atoms with Crippen molar-refractivity contribution in [2.45, 2.75) is 19.8 Å². The van der Waals surface area contributed by atoms with Crippen LogP contribution in [0.2, 0.25) is 0 Å². The number of methoxy groups -OCH3 is 1. The van der Waals surface area contributed by atoms with E-state index in [2.05, 4.69) is 15.5 Å². The maximum atomic E-state index is 12.2. The van der Waals surface area contributed by atoms with Gasteiger partial charge in [-0.3, -0.25) is 14.7 Å². The van der Waals surface area contributed by atoms with Gasteiger partial charge in [0.1, 0.15) is 5.75 Å². The number of Topliss-reactive ketones (excluding diaryl/α,β-unsaturated/α-hetero) is 1. The molecular formula is C21H21N3O3. The number of ketones is 1. The summed E-state index contributed by atoms with van der Waals surface area (Å²) in [6, 6.07) is 16.6. The molecule has 0 saturated carbocycles. The van der Waals surface area contributed by atoms with Gasteiger partial charge >= 0.3 is 0 Å². The van der Waals surface area contributed by atoms with Crippen LogP contribution in [-0.4, -0.2) is 29.0 Å². The summed E-state index contributed by atoms with van der Waals surface area (Å²) in [7, 11) is 1.60. The fourth-order valence-electron chi connectivity index (χ4n) is 2.71. The summed E-state index contributed by atoms with van der Waals surface area (Å²) >= 11 is 0. The zero-order valence-electron chi connectivity index (χ0n) is 15.3. The largest absolute Gasteiger partial charge is 0.496 e. The molecule has 2 N–H and O–H groups in total. The molecule has 6 heteroatoms. The number of anilines is 1. The number of nitrogens with zero attached hydrogens (tertiary/aromatic N) is 1. The van der Waals surface area contributed by atoms with Crippen molar-refractivity contribution in [3.8, 4) is 17.0 Å². The standard InChI is InChI=1S/C21H21N3O3/c1-14-7-9-15(10-8-14)18(25)11-12-21(26)22-20-13-17(23-24-20)16-5-3-4-6-19(16)27-2/h3-10,13H,11-12H2,1-2H3,(H2,22,23,24,26). The Morgan fingerprint density at radius 1 is 1.07 bits per heavy atom. The summed E-state index contributed by atoms with van der Waals surface area (Å²) in [4.78, 5) is 24.3. The second kappa shape index (κ2) is 8.31. The molecule has 0 aliphatic heterocycles. The van der Waals surface area contributed by atoms with Gasteiger partial charge in [0.05, 0.1) is 12.8 Å². The third kappa shape index (κ3) is 4.61. The molecule has 138 valence electrons. The van der Waals surface area contributed by atoms with E-state index in [1.807, 2.05) is 43.3 Å². The molecule has 0 aliphatic carbocycles. The van der Waals surface area contributed by atoms with E-state index in [1.54, 1.807) is 25.3 Å². The van der Waals surface area contributed by atoms with Crippen molar-refractivity contribution >= 4 is 17.5 Å². The molecule has 0 radical (unpaired) electrons. The third-order valence-corrected chi connectivity index (χ3v) is 4.20. The van der Waals surface area contributed by atoms with Gasteiger partial charge < -0.3 is 10.1 Å². The van der Waals surface area contributed by atoms with E-state index in [0.717, 1.165) is 16.8 Å². The lowest BCUT2D eigenvalue weighted by Crippen LogP contribution is -2.13. The number of carbonyl (C=O) groups excluding carboxylic acids is 2. The highest BCUT2D eigenvalue weighted by atomic mass is 16.5. The van der Waals surface area contributed by atoms with Crippen LogP contribution in [0.15, 0.2) is 54.6 Å². The van der Waals surface area contributed by atoms with Crippen LogP contribution in [0, 0.1) is 6.92 Å². The summed E-state index contributed by atoms with van der Waals surface area (Å²) in [6.07, 6.45) is 0.252. The maximum Gasteiger partial charge on any atom is 0.226 e. The van der Waals surface area contributed by atoms with Crippen molar-refractivity contribution in [1.82, 2.24) is 10.2 Å². The number of aromatic amines is 1. The highest BCUT2D eigenvalue weighted by Crippen LogP contribution is 2.29. The average molecular weight is 363 g/mol. The van der Waals surface area contributed by atoms with E-state index in [-0.39, 0.29) is 24.5 Å². The van der Waals surface area contributed by atoms with Crippen molar-refractivity contribution in [3.63, 3.8) is 0 Å². The fourth-order valence-corrected chi connectivity index (χ4v) is 2.71. The minimum Gasteiger partial charge on any atom is -0.496 e. The summed E-state index contributed by atoms with van der Waals surface area (Å²) in [5.74, 6) is 0.807. The van der Waals surface area contributed by atoms with Crippen molar-refractivity contribution in [2.75, 3.05) is 12.4 Å².